The van der Waals surface area contributed by atoms with Crippen LogP contribution >= 0.6 is 0 Å². The Balaban J connectivity index is 2.19. The number of carbonyl (C=O) groups is 2. The van der Waals surface area contributed by atoms with Gasteiger partial charge in [0, 0.05) is 20.0 Å². The summed E-state index contributed by atoms with van der Waals surface area (Å²) in [5.41, 5.74) is -6.06. The second kappa shape index (κ2) is 11.5. The molecular formula is C26H24BF9N2O3. The number of halogens is 9. The summed E-state index contributed by atoms with van der Waals surface area (Å²) < 4.78 is 127. The number of fused-ring (bicyclic) bond motifs is 1. The van der Waals surface area contributed by atoms with Crippen molar-refractivity contribution in [2.45, 2.75) is 70.8 Å². The van der Waals surface area contributed by atoms with Crippen LogP contribution in [0.3, 0.4) is 0 Å². The van der Waals surface area contributed by atoms with E-state index in [-0.39, 0.29) is 36.7 Å². The Morgan fingerprint density at radius 2 is 1.51 bits per heavy atom. The maximum atomic E-state index is 13.7. The highest BCUT2D eigenvalue weighted by Gasteiger charge is 2.40. The van der Waals surface area contributed by atoms with E-state index in [9.17, 15) is 49.1 Å². The van der Waals surface area contributed by atoms with Crippen molar-refractivity contribution >= 4 is 31.0 Å². The molecule has 2 aromatic carbocycles. The van der Waals surface area contributed by atoms with Gasteiger partial charge in [-0.1, -0.05) is 11.5 Å². The molecule has 2 radical (unpaired) electrons. The molecule has 1 aliphatic rings. The molecule has 5 nitrogen and oxygen atoms in total. The average molecular weight is 594 g/mol. The Kier molecular flexibility index (Phi) is 8.99. The number of carbonyl (C=O) groups excluding carboxylic acids is 2. The molecule has 0 bridgehead atoms. The van der Waals surface area contributed by atoms with Crippen LogP contribution in [0.25, 0.3) is 0 Å². The van der Waals surface area contributed by atoms with E-state index in [0.717, 1.165) is 22.8 Å². The lowest BCUT2D eigenvalue weighted by Crippen LogP contribution is -2.36. The Bertz CT molecular complexity index is 1270. The molecule has 0 saturated heterocycles. The minimum atomic E-state index is -5.13. The zero-order chi connectivity index (χ0) is 31.1. The maximum Gasteiger partial charge on any atom is 0.416 e. The smallest absolute Gasteiger partial charge is 0.416 e. The normalized spacial score (nSPS) is 16.3. The fraction of sp³-hybridized carbons (Fsp3) is 0.462. The topological polar surface area (TPSA) is 49.9 Å². The monoisotopic (exact) mass is 594 g/mol. The van der Waals surface area contributed by atoms with E-state index in [1.807, 2.05) is 0 Å². The van der Waals surface area contributed by atoms with Crippen molar-refractivity contribution in [3.63, 3.8) is 0 Å². The first kappa shape index (κ1) is 32.1. The van der Waals surface area contributed by atoms with Crippen molar-refractivity contribution in [2.24, 2.45) is 0 Å². The molecule has 0 fully saturated rings. The Morgan fingerprint density at radius 3 is 1.98 bits per heavy atom. The maximum absolute atomic E-state index is 13.7. The SMILES string of the molecule is [B]c1cc2c(cc1C(F)(F)F)N(C(=O)OC(C)C)CCCC2N(Cc1cc(C(F)(F)F)cc(C(F)(F)F)c1)C(C)=O. The van der Waals surface area contributed by atoms with Crippen LogP contribution in [0.1, 0.15) is 67.5 Å². The quantitative estimate of drug-likeness (QED) is 0.290. The number of benzene rings is 2. The van der Waals surface area contributed by atoms with Crippen LogP contribution in [0.15, 0.2) is 30.3 Å². The van der Waals surface area contributed by atoms with E-state index in [2.05, 4.69) is 0 Å². The minimum Gasteiger partial charge on any atom is -0.446 e. The molecule has 41 heavy (non-hydrogen) atoms. The lowest BCUT2D eigenvalue weighted by atomic mass is 9.85. The molecule has 1 unspecified atom stereocenters. The largest absolute Gasteiger partial charge is 0.446 e. The van der Waals surface area contributed by atoms with Crippen LogP contribution in [0, 0.1) is 0 Å². The van der Waals surface area contributed by atoms with E-state index >= 15 is 0 Å². The van der Waals surface area contributed by atoms with Gasteiger partial charge >= 0.3 is 24.6 Å². The number of alkyl halides is 9. The molecule has 0 saturated carbocycles. The van der Waals surface area contributed by atoms with Crippen molar-refractivity contribution in [3.05, 3.63) is 58.1 Å². The van der Waals surface area contributed by atoms with Gasteiger partial charge in [-0.05, 0) is 62.1 Å². The second-order valence-corrected chi connectivity index (χ2v) is 9.80. The van der Waals surface area contributed by atoms with Crippen molar-refractivity contribution in [3.8, 4) is 0 Å². The van der Waals surface area contributed by atoms with Gasteiger partial charge in [0.15, 0.2) is 0 Å². The molecule has 0 aliphatic carbocycles. The third-order valence-electron chi connectivity index (χ3n) is 6.35. The number of rotatable bonds is 4. The van der Waals surface area contributed by atoms with Crippen LogP contribution in [-0.2, 0) is 34.6 Å². The number of amides is 2. The van der Waals surface area contributed by atoms with Crippen molar-refractivity contribution in [2.75, 3.05) is 11.4 Å². The lowest BCUT2D eigenvalue weighted by Gasteiger charge is -2.33. The van der Waals surface area contributed by atoms with E-state index in [1.54, 1.807) is 0 Å². The van der Waals surface area contributed by atoms with Gasteiger partial charge in [-0.15, -0.1) is 0 Å². The van der Waals surface area contributed by atoms with Gasteiger partial charge in [-0.2, -0.15) is 39.5 Å². The number of hydrogen-bond acceptors (Lipinski definition) is 3. The van der Waals surface area contributed by atoms with Gasteiger partial charge in [-0.25, -0.2) is 4.79 Å². The predicted molar refractivity (Wildman–Crippen MR) is 130 cm³/mol. The van der Waals surface area contributed by atoms with E-state index in [1.165, 1.54) is 13.8 Å². The number of anilines is 1. The molecule has 2 aromatic rings. The van der Waals surface area contributed by atoms with Crippen molar-refractivity contribution < 1.29 is 53.8 Å². The van der Waals surface area contributed by atoms with Crippen molar-refractivity contribution in [1.29, 1.82) is 0 Å². The predicted octanol–water partition coefficient (Wildman–Crippen LogP) is 6.77. The van der Waals surface area contributed by atoms with E-state index in [4.69, 9.17) is 12.6 Å². The third-order valence-corrected chi connectivity index (χ3v) is 6.35. The Labute approximate surface area is 230 Å². The molecule has 15 heteroatoms. The summed E-state index contributed by atoms with van der Waals surface area (Å²) in [4.78, 5) is 27.5. The molecule has 3 rings (SSSR count). The molecule has 1 heterocycles. The number of ether oxygens (including phenoxy) is 1. The second-order valence-electron chi connectivity index (χ2n) is 9.80. The zero-order valence-electron chi connectivity index (χ0n) is 22.0. The van der Waals surface area contributed by atoms with Gasteiger partial charge in [0.1, 0.15) is 7.85 Å². The fourth-order valence-corrected chi connectivity index (χ4v) is 4.61. The van der Waals surface area contributed by atoms with Gasteiger partial charge in [0.25, 0.3) is 0 Å². The first-order chi connectivity index (χ1) is 18.7. The summed E-state index contributed by atoms with van der Waals surface area (Å²) in [6.07, 6.45) is -16.7. The molecule has 2 amide bonds. The Hall–Kier alpha value is -3.39. The van der Waals surface area contributed by atoms with Gasteiger partial charge in [0.2, 0.25) is 5.91 Å². The lowest BCUT2D eigenvalue weighted by molar-refractivity contribution is -0.143. The third kappa shape index (κ3) is 7.47. The molecule has 0 aromatic heterocycles. The van der Waals surface area contributed by atoms with Crippen LogP contribution in [0.2, 0.25) is 0 Å². The number of nitrogens with zero attached hydrogens (tertiary/aromatic N) is 2. The summed E-state index contributed by atoms with van der Waals surface area (Å²) in [6.45, 7) is 3.16. The van der Waals surface area contributed by atoms with Crippen molar-refractivity contribution in [1.82, 2.24) is 4.90 Å². The molecule has 222 valence electrons. The highest BCUT2D eigenvalue weighted by molar-refractivity contribution is 6.33. The van der Waals surface area contributed by atoms with Crippen LogP contribution in [0.4, 0.5) is 50.0 Å². The summed E-state index contributed by atoms with van der Waals surface area (Å²) in [7, 11) is 5.70. The summed E-state index contributed by atoms with van der Waals surface area (Å²) in [5.74, 6) is -0.788. The van der Waals surface area contributed by atoms with Crippen LogP contribution < -0.4 is 10.4 Å². The first-order valence-corrected chi connectivity index (χ1v) is 12.2. The van der Waals surface area contributed by atoms with E-state index < -0.39 is 76.9 Å². The highest BCUT2D eigenvalue weighted by Crippen LogP contribution is 2.42. The highest BCUT2D eigenvalue weighted by atomic mass is 19.4. The van der Waals surface area contributed by atoms with Crippen LogP contribution in [-0.4, -0.2) is 37.4 Å². The van der Waals surface area contributed by atoms with Gasteiger partial charge in [-0.3, -0.25) is 9.69 Å². The Morgan fingerprint density at radius 1 is 0.951 bits per heavy atom. The number of hydrogen-bond donors (Lipinski definition) is 0. The molecule has 0 spiro atoms. The van der Waals surface area contributed by atoms with Gasteiger partial charge < -0.3 is 9.64 Å². The molecule has 1 atom stereocenters. The van der Waals surface area contributed by atoms with E-state index in [0.29, 0.717) is 18.2 Å². The standard InChI is InChI=1S/C26H24BF9N2O3/c1-13(2)41-23(40)37-6-4-5-21(18-10-20(27)19(11-22(18)37)26(34,35)36)38(14(3)39)12-15-7-16(24(28,29)30)9-17(8-15)25(31,32)33/h7-11,13,21H,4-6,12H2,1-3H3. The summed E-state index contributed by atoms with van der Waals surface area (Å²) in [5, 5.41) is 0. The van der Waals surface area contributed by atoms with Crippen LogP contribution in [0.5, 0.6) is 0 Å². The average Bonchev–Trinajstić information content (AvgIpc) is 2.98. The zero-order valence-corrected chi connectivity index (χ0v) is 22.0. The summed E-state index contributed by atoms with van der Waals surface area (Å²) in [6, 6.07) is 1.25. The fourth-order valence-electron chi connectivity index (χ4n) is 4.61. The molecule has 1 aliphatic heterocycles. The molecule has 0 N–H and O–H groups in total. The minimum absolute atomic E-state index is 0.00602. The summed E-state index contributed by atoms with van der Waals surface area (Å²) >= 11 is 0. The molecular weight excluding hydrogens is 570 g/mol. The van der Waals surface area contributed by atoms with Gasteiger partial charge in [0.05, 0.1) is 34.5 Å². The first-order valence-electron chi connectivity index (χ1n) is 12.2.